The van der Waals surface area contributed by atoms with E-state index in [0.717, 1.165) is 21.8 Å². The summed E-state index contributed by atoms with van der Waals surface area (Å²) in [7, 11) is 0. The van der Waals surface area contributed by atoms with Crippen molar-refractivity contribution in [2.45, 2.75) is 32.1 Å². The van der Waals surface area contributed by atoms with Gasteiger partial charge in [0, 0.05) is 14.4 Å². The van der Waals surface area contributed by atoms with Crippen LogP contribution in [0.2, 0.25) is 0 Å². The molecule has 31 heavy (non-hydrogen) atoms. The Bertz CT molecular complexity index is 1150. The van der Waals surface area contributed by atoms with Crippen LogP contribution in [0.15, 0.2) is 93.9 Å². The fourth-order valence-electron chi connectivity index (χ4n) is 5.15. The van der Waals surface area contributed by atoms with E-state index in [-0.39, 0.29) is 5.41 Å². The van der Waals surface area contributed by atoms with Gasteiger partial charge in [-0.05, 0) is 93.7 Å². The lowest BCUT2D eigenvalue weighted by atomic mass is 9.73. The van der Waals surface area contributed by atoms with Crippen molar-refractivity contribution in [1.29, 1.82) is 0 Å². The Morgan fingerprint density at radius 3 is 1.23 bits per heavy atom. The first-order chi connectivity index (χ1) is 15.1. The van der Waals surface area contributed by atoms with Crippen LogP contribution in [0.1, 0.15) is 37.8 Å². The Morgan fingerprint density at radius 2 is 0.871 bits per heavy atom. The van der Waals surface area contributed by atoms with Crippen LogP contribution in [0.4, 0.5) is 0 Å². The second-order valence-corrected chi connectivity index (χ2v) is 10.2. The van der Waals surface area contributed by atoms with Gasteiger partial charge in [-0.2, -0.15) is 0 Å². The van der Waals surface area contributed by atoms with Crippen LogP contribution < -0.4 is 0 Å². The molecule has 1 aliphatic rings. The van der Waals surface area contributed by atoms with Gasteiger partial charge in [0.15, 0.2) is 0 Å². The summed E-state index contributed by atoms with van der Waals surface area (Å²) in [5.74, 6) is 0. The summed E-state index contributed by atoms with van der Waals surface area (Å²) < 4.78 is 2.23. The minimum absolute atomic E-state index is 0.0570. The molecule has 0 aliphatic heterocycles. The summed E-state index contributed by atoms with van der Waals surface area (Å²) in [4.78, 5) is 0. The second kappa shape index (κ2) is 8.07. The molecule has 0 nitrogen and oxygen atoms in total. The third kappa shape index (κ3) is 3.41. The second-order valence-electron chi connectivity index (χ2n) is 8.32. The molecule has 0 spiro atoms. The van der Waals surface area contributed by atoms with Gasteiger partial charge in [0.2, 0.25) is 0 Å². The molecule has 1 aliphatic carbocycles. The molecule has 0 bridgehead atoms. The van der Waals surface area contributed by atoms with Gasteiger partial charge in [-0.15, -0.1) is 0 Å². The molecule has 0 atom stereocenters. The molecule has 0 N–H and O–H groups in total. The lowest BCUT2D eigenvalue weighted by Crippen LogP contribution is -2.23. The summed E-state index contributed by atoms with van der Waals surface area (Å²) >= 11 is 7.11. The van der Waals surface area contributed by atoms with Gasteiger partial charge >= 0.3 is 0 Å². The van der Waals surface area contributed by atoms with Crippen molar-refractivity contribution in [3.05, 3.63) is 105 Å². The van der Waals surface area contributed by atoms with E-state index >= 15 is 0 Å². The fraction of sp³-hybridized carbons (Fsp3) is 0.172. The number of halogens is 2. The summed E-state index contributed by atoms with van der Waals surface area (Å²) in [6.07, 6.45) is 2.19. The minimum atomic E-state index is 0.0570. The minimum Gasteiger partial charge on any atom is -0.0642 e. The molecule has 0 amide bonds. The summed E-state index contributed by atoms with van der Waals surface area (Å²) in [6, 6.07) is 31.3. The van der Waals surface area contributed by atoms with Crippen LogP contribution in [0.5, 0.6) is 0 Å². The maximum atomic E-state index is 3.55. The average Bonchev–Trinajstić information content (AvgIpc) is 3.09. The van der Waals surface area contributed by atoms with Crippen LogP contribution in [-0.4, -0.2) is 0 Å². The topological polar surface area (TPSA) is 0 Å². The Kier molecular flexibility index (Phi) is 5.40. The van der Waals surface area contributed by atoms with Crippen molar-refractivity contribution in [2.24, 2.45) is 0 Å². The highest BCUT2D eigenvalue weighted by molar-refractivity contribution is 9.10. The van der Waals surface area contributed by atoms with Gasteiger partial charge in [0.05, 0.1) is 0 Å². The number of hydrogen-bond donors (Lipinski definition) is 0. The third-order valence-electron chi connectivity index (χ3n) is 6.92. The first-order valence-corrected chi connectivity index (χ1v) is 12.5. The molecule has 0 saturated heterocycles. The molecule has 0 fully saturated rings. The molecular weight excluding hydrogens is 508 g/mol. The molecule has 0 saturated carbocycles. The van der Waals surface area contributed by atoms with E-state index < -0.39 is 0 Å². The molecule has 4 aromatic rings. The van der Waals surface area contributed by atoms with Crippen LogP contribution in [-0.2, 0) is 5.41 Å². The quantitative estimate of drug-likeness (QED) is 0.246. The van der Waals surface area contributed by atoms with Gasteiger partial charge in [-0.1, -0.05) is 94.2 Å². The zero-order valence-electron chi connectivity index (χ0n) is 17.8. The monoisotopic (exact) mass is 530 g/mol. The third-order valence-corrected chi connectivity index (χ3v) is 7.98. The number of hydrogen-bond acceptors (Lipinski definition) is 0. The highest BCUT2D eigenvalue weighted by atomic mass is 79.9. The Morgan fingerprint density at radius 1 is 0.516 bits per heavy atom. The first-order valence-electron chi connectivity index (χ1n) is 10.9. The Hall–Kier alpha value is -2.16. The standard InChI is InChI=1S/C29H24Br2/c1-3-29(4-2)27-17-21(19-5-11-23(30)12-6-19)9-15-25(27)26-16-10-22(18-28(26)29)20-7-13-24(31)14-8-20/h5-18H,3-4H2,1-2H3. The maximum absolute atomic E-state index is 3.55. The van der Waals surface area contributed by atoms with Crippen LogP contribution in [0, 0.1) is 0 Å². The molecule has 0 heterocycles. The number of benzene rings is 4. The smallest absolute Gasteiger partial charge is 0.0210 e. The van der Waals surface area contributed by atoms with E-state index in [2.05, 4.69) is 131 Å². The van der Waals surface area contributed by atoms with Crippen LogP contribution in [0.3, 0.4) is 0 Å². The average molecular weight is 532 g/mol. The van der Waals surface area contributed by atoms with Crippen molar-refractivity contribution in [3.8, 4) is 33.4 Å². The lowest BCUT2D eigenvalue weighted by molar-refractivity contribution is 0.491. The van der Waals surface area contributed by atoms with Crippen LogP contribution >= 0.6 is 31.9 Å². The Labute approximate surface area is 201 Å². The Balaban J connectivity index is 1.67. The van der Waals surface area contributed by atoms with Gasteiger partial charge < -0.3 is 0 Å². The van der Waals surface area contributed by atoms with Crippen molar-refractivity contribution >= 4 is 31.9 Å². The van der Waals surface area contributed by atoms with Gasteiger partial charge in [-0.3, -0.25) is 0 Å². The predicted octanol–water partition coefficient (Wildman–Crippen LogP) is 9.63. The molecule has 0 aromatic heterocycles. The molecule has 154 valence electrons. The van der Waals surface area contributed by atoms with E-state index in [1.807, 2.05) is 0 Å². The highest BCUT2D eigenvalue weighted by Gasteiger charge is 2.40. The molecule has 0 radical (unpaired) electrons. The maximum Gasteiger partial charge on any atom is 0.0210 e. The van der Waals surface area contributed by atoms with E-state index in [4.69, 9.17) is 0 Å². The van der Waals surface area contributed by atoms with E-state index in [1.165, 1.54) is 44.5 Å². The highest BCUT2D eigenvalue weighted by Crippen LogP contribution is 2.54. The normalized spacial score (nSPS) is 13.7. The predicted molar refractivity (Wildman–Crippen MR) is 140 cm³/mol. The van der Waals surface area contributed by atoms with E-state index in [1.54, 1.807) is 0 Å². The first kappa shape index (κ1) is 20.7. The van der Waals surface area contributed by atoms with E-state index in [0.29, 0.717) is 0 Å². The lowest BCUT2D eigenvalue weighted by Gasteiger charge is -2.30. The van der Waals surface area contributed by atoms with Crippen molar-refractivity contribution in [1.82, 2.24) is 0 Å². The number of rotatable bonds is 4. The molecule has 2 heteroatoms. The van der Waals surface area contributed by atoms with Crippen molar-refractivity contribution < 1.29 is 0 Å². The molecular formula is C29H24Br2. The summed E-state index contributed by atoms with van der Waals surface area (Å²) in [6.45, 7) is 4.67. The summed E-state index contributed by atoms with van der Waals surface area (Å²) in [5.41, 5.74) is 10.9. The molecule has 0 unspecified atom stereocenters. The van der Waals surface area contributed by atoms with Crippen molar-refractivity contribution in [2.75, 3.05) is 0 Å². The largest absolute Gasteiger partial charge is 0.0642 e. The SMILES string of the molecule is CCC1(CC)c2cc(-c3ccc(Br)cc3)ccc2-c2ccc(-c3ccc(Br)cc3)cc21. The van der Waals surface area contributed by atoms with Crippen LogP contribution in [0.25, 0.3) is 33.4 Å². The van der Waals surface area contributed by atoms with Crippen molar-refractivity contribution in [3.63, 3.8) is 0 Å². The fourth-order valence-corrected chi connectivity index (χ4v) is 5.68. The van der Waals surface area contributed by atoms with Gasteiger partial charge in [0.1, 0.15) is 0 Å². The zero-order valence-corrected chi connectivity index (χ0v) is 20.9. The number of fused-ring (bicyclic) bond motifs is 3. The summed E-state index contributed by atoms with van der Waals surface area (Å²) in [5, 5.41) is 0. The van der Waals surface area contributed by atoms with Gasteiger partial charge in [0.25, 0.3) is 0 Å². The molecule has 5 rings (SSSR count). The zero-order chi connectivity index (χ0) is 21.6. The van der Waals surface area contributed by atoms with E-state index in [9.17, 15) is 0 Å². The molecule has 4 aromatic carbocycles. The van der Waals surface area contributed by atoms with Gasteiger partial charge in [-0.25, -0.2) is 0 Å².